The van der Waals surface area contributed by atoms with Crippen LogP contribution < -0.4 is 0 Å². The van der Waals surface area contributed by atoms with Gasteiger partial charge in [0.15, 0.2) is 0 Å². The molecule has 0 aromatic heterocycles. The molecule has 0 unspecified atom stereocenters. The van der Waals surface area contributed by atoms with E-state index < -0.39 is 12.2 Å². The maximum atomic E-state index is 9.24. The SMILES string of the molecule is C=CCCCCC[C@H](O)[C@@H](O)CO. The molecule has 3 heteroatoms. The van der Waals surface area contributed by atoms with Crippen molar-refractivity contribution in [2.75, 3.05) is 6.61 Å². The van der Waals surface area contributed by atoms with Crippen LogP contribution in [0.25, 0.3) is 0 Å². The van der Waals surface area contributed by atoms with Crippen molar-refractivity contribution in [2.45, 2.75) is 44.3 Å². The monoisotopic (exact) mass is 188 g/mol. The molecule has 2 atom stereocenters. The summed E-state index contributed by atoms with van der Waals surface area (Å²) in [6, 6.07) is 0. The first-order valence-electron chi connectivity index (χ1n) is 4.80. The molecule has 0 aromatic rings. The van der Waals surface area contributed by atoms with Gasteiger partial charge in [-0.15, -0.1) is 6.58 Å². The molecule has 0 aliphatic rings. The summed E-state index contributed by atoms with van der Waals surface area (Å²) in [6.45, 7) is 3.25. The molecule has 0 bridgehead atoms. The van der Waals surface area contributed by atoms with E-state index in [4.69, 9.17) is 10.2 Å². The van der Waals surface area contributed by atoms with E-state index in [1.54, 1.807) is 0 Å². The quantitative estimate of drug-likeness (QED) is 0.391. The van der Waals surface area contributed by atoms with Crippen molar-refractivity contribution < 1.29 is 15.3 Å². The molecule has 78 valence electrons. The van der Waals surface area contributed by atoms with Gasteiger partial charge in [0.05, 0.1) is 12.7 Å². The van der Waals surface area contributed by atoms with Crippen molar-refractivity contribution in [1.29, 1.82) is 0 Å². The molecule has 13 heavy (non-hydrogen) atoms. The van der Waals surface area contributed by atoms with E-state index in [2.05, 4.69) is 6.58 Å². The van der Waals surface area contributed by atoms with Gasteiger partial charge in [0.25, 0.3) is 0 Å². The second-order valence-corrected chi connectivity index (χ2v) is 3.24. The van der Waals surface area contributed by atoms with Crippen molar-refractivity contribution in [2.24, 2.45) is 0 Å². The molecule has 0 saturated heterocycles. The Morgan fingerprint density at radius 3 is 2.31 bits per heavy atom. The molecule has 0 radical (unpaired) electrons. The number of hydrogen-bond donors (Lipinski definition) is 3. The fraction of sp³-hybridized carbons (Fsp3) is 0.800. The molecule has 0 saturated carbocycles. The topological polar surface area (TPSA) is 60.7 Å². The van der Waals surface area contributed by atoms with Crippen LogP contribution in [0.15, 0.2) is 12.7 Å². The molecule has 0 aromatic carbocycles. The number of aliphatic hydroxyl groups excluding tert-OH is 3. The third kappa shape index (κ3) is 6.75. The van der Waals surface area contributed by atoms with E-state index in [1.807, 2.05) is 6.08 Å². The molecule has 0 heterocycles. The van der Waals surface area contributed by atoms with Gasteiger partial charge >= 0.3 is 0 Å². The van der Waals surface area contributed by atoms with E-state index in [0.717, 1.165) is 25.7 Å². The first-order chi connectivity index (χ1) is 6.22. The molecule has 0 rings (SSSR count). The predicted octanol–water partition coefficient (Wildman–Crippen LogP) is 0.837. The smallest absolute Gasteiger partial charge is 0.103 e. The minimum absolute atomic E-state index is 0.367. The van der Waals surface area contributed by atoms with Crippen LogP contribution in [0, 0.1) is 0 Å². The summed E-state index contributed by atoms with van der Waals surface area (Å²) >= 11 is 0. The lowest BCUT2D eigenvalue weighted by atomic mass is 10.1. The lowest BCUT2D eigenvalue weighted by molar-refractivity contribution is -0.0185. The van der Waals surface area contributed by atoms with Crippen LogP contribution in [0.4, 0.5) is 0 Å². The number of allylic oxidation sites excluding steroid dienone is 1. The van der Waals surface area contributed by atoms with Crippen molar-refractivity contribution in [1.82, 2.24) is 0 Å². The van der Waals surface area contributed by atoms with Gasteiger partial charge in [0.1, 0.15) is 6.10 Å². The summed E-state index contributed by atoms with van der Waals surface area (Å²) < 4.78 is 0. The zero-order valence-corrected chi connectivity index (χ0v) is 8.02. The number of unbranched alkanes of at least 4 members (excludes halogenated alkanes) is 3. The van der Waals surface area contributed by atoms with E-state index in [1.165, 1.54) is 0 Å². The third-order valence-electron chi connectivity index (χ3n) is 2.04. The van der Waals surface area contributed by atoms with Gasteiger partial charge < -0.3 is 15.3 Å². The van der Waals surface area contributed by atoms with Gasteiger partial charge in [-0.1, -0.05) is 18.9 Å². The van der Waals surface area contributed by atoms with Gasteiger partial charge in [0.2, 0.25) is 0 Å². The maximum Gasteiger partial charge on any atom is 0.103 e. The van der Waals surface area contributed by atoms with Crippen LogP contribution in [0.3, 0.4) is 0 Å². The zero-order valence-electron chi connectivity index (χ0n) is 8.02. The highest BCUT2D eigenvalue weighted by molar-refractivity contribution is 4.68. The summed E-state index contributed by atoms with van der Waals surface area (Å²) in [5.74, 6) is 0. The Bertz CT molecular complexity index is 125. The van der Waals surface area contributed by atoms with E-state index >= 15 is 0 Å². The Morgan fingerprint density at radius 1 is 1.08 bits per heavy atom. The maximum absolute atomic E-state index is 9.24. The molecular weight excluding hydrogens is 168 g/mol. The number of hydrogen-bond acceptors (Lipinski definition) is 3. The van der Waals surface area contributed by atoms with Crippen LogP contribution in [0.2, 0.25) is 0 Å². The first-order valence-corrected chi connectivity index (χ1v) is 4.80. The normalized spacial score (nSPS) is 15.3. The lowest BCUT2D eigenvalue weighted by Crippen LogP contribution is -2.28. The van der Waals surface area contributed by atoms with Gasteiger partial charge in [-0.05, 0) is 19.3 Å². The summed E-state index contributed by atoms with van der Waals surface area (Å²) in [5, 5.41) is 26.8. The Balaban J connectivity index is 3.26. The second kappa shape index (κ2) is 8.23. The van der Waals surface area contributed by atoms with E-state index in [9.17, 15) is 5.11 Å². The van der Waals surface area contributed by atoms with Gasteiger partial charge in [-0.2, -0.15) is 0 Å². The van der Waals surface area contributed by atoms with Gasteiger partial charge in [-0.3, -0.25) is 0 Å². The number of aliphatic hydroxyl groups is 3. The highest BCUT2D eigenvalue weighted by Gasteiger charge is 2.13. The van der Waals surface area contributed by atoms with Crippen molar-refractivity contribution >= 4 is 0 Å². The van der Waals surface area contributed by atoms with Crippen molar-refractivity contribution in [3.05, 3.63) is 12.7 Å². The average Bonchev–Trinajstić information content (AvgIpc) is 2.16. The summed E-state index contributed by atoms with van der Waals surface area (Å²) in [4.78, 5) is 0. The van der Waals surface area contributed by atoms with Gasteiger partial charge in [0, 0.05) is 0 Å². The molecule has 3 nitrogen and oxygen atoms in total. The van der Waals surface area contributed by atoms with Gasteiger partial charge in [-0.25, -0.2) is 0 Å². The summed E-state index contributed by atoms with van der Waals surface area (Å²) in [5.41, 5.74) is 0. The Kier molecular flexibility index (Phi) is 7.99. The average molecular weight is 188 g/mol. The number of rotatable bonds is 8. The Hall–Kier alpha value is -0.380. The predicted molar refractivity (Wildman–Crippen MR) is 52.4 cm³/mol. The fourth-order valence-corrected chi connectivity index (χ4v) is 1.13. The molecule has 0 amide bonds. The zero-order chi connectivity index (χ0) is 10.1. The highest BCUT2D eigenvalue weighted by atomic mass is 16.4. The Morgan fingerprint density at radius 2 is 1.77 bits per heavy atom. The summed E-state index contributed by atoms with van der Waals surface area (Å²) in [6.07, 6.45) is 4.64. The third-order valence-corrected chi connectivity index (χ3v) is 2.04. The van der Waals surface area contributed by atoms with Crippen LogP contribution in [0.5, 0.6) is 0 Å². The lowest BCUT2D eigenvalue weighted by Gasteiger charge is -2.14. The Labute approximate surface area is 79.7 Å². The second-order valence-electron chi connectivity index (χ2n) is 3.24. The molecule has 0 aliphatic carbocycles. The van der Waals surface area contributed by atoms with Crippen molar-refractivity contribution in [3.8, 4) is 0 Å². The molecule has 0 fully saturated rings. The van der Waals surface area contributed by atoms with Crippen LogP contribution in [0.1, 0.15) is 32.1 Å². The molecule has 3 N–H and O–H groups in total. The standard InChI is InChI=1S/C10H20O3/c1-2-3-4-5-6-7-9(12)10(13)8-11/h2,9-13H,1,3-8H2/t9-,10-/m0/s1. The minimum Gasteiger partial charge on any atom is -0.394 e. The van der Waals surface area contributed by atoms with E-state index in [0.29, 0.717) is 6.42 Å². The van der Waals surface area contributed by atoms with Crippen molar-refractivity contribution in [3.63, 3.8) is 0 Å². The molecule has 0 spiro atoms. The van der Waals surface area contributed by atoms with Crippen LogP contribution >= 0.6 is 0 Å². The largest absolute Gasteiger partial charge is 0.394 e. The van der Waals surface area contributed by atoms with E-state index in [-0.39, 0.29) is 6.61 Å². The highest BCUT2D eigenvalue weighted by Crippen LogP contribution is 2.08. The first kappa shape index (κ1) is 12.6. The van der Waals surface area contributed by atoms with Crippen LogP contribution in [-0.4, -0.2) is 34.1 Å². The minimum atomic E-state index is -0.987. The van der Waals surface area contributed by atoms with Crippen LogP contribution in [-0.2, 0) is 0 Å². The molecule has 0 aliphatic heterocycles. The molecular formula is C10H20O3. The summed E-state index contributed by atoms with van der Waals surface area (Å²) in [7, 11) is 0. The fourth-order valence-electron chi connectivity index (χ4n) is 1.13.